The van der Waals surface area contributed by atoms with Gasteiger partial charge in [-0.25, -0.2) is 17.2 Å². The van der Waals surface area contributed by atoms with Gasteiger partial charge in [-0.05, 0) is 43.2 Å². The third-order valence-corrected chi connectivity index (χ3v) is 4.27. The van der Waals surface area contributed by atoms with E-state index < -0.39 is 26.6 Å². The zero-order chi connectivity index (χ0) is 14.9. The molecule has 6 heteroatoms. The van der Waals surface area contributed by atoms with E-state index in [2.05, 4.69) is 4.72 Å². The fourth-order valence-corrected chi connectivity index (χ4v) is 3.14. The van der Waals surface area contributed by atoms with Gasteiger partial charge in [0.1, 0.15) is 16.5 Å². The second kappa shape index (κ2) is 5.20. The summed E-state index contributed by atoms with van der Waals surface area (Å²) in [5.74, 6) is -1.81. The fourth-order valence-electron chi connectivity index (χ4n) is 1.85. The summed E-state index contributed by atoms with van der Waals surface area (Å²) in [6.07, 6.45) is 0. The lowest BCUT2D eigenvalue weighted by Gasteiger charge is -2.13. The highest BCUT2D eigenvalue weighted by atomic mass is 32.2. The zero-order valence-electron chi connectivity index (χ0n) is 10.9. The number of nitrogens with one attached hydrogen (secondary N) is 1. The van der Waals surface area contributed by atoms with Crippen molar-refractivity contribution in [1.82, 2.24) is 0 Å². The van der Waals surface area contributed by atoms with E-state index in [0.717, 1.165) is 12.1 Å². The maximum atomic E-state index is 13.6. The van der Waals surface area contributed by atoms with Crippen LogP contribution in [0.2, 0.25) is 0 Å². The molecule has 0 atom stereocenters. The minimum Gasteiger partial charge on any atom is -0.279 e. The van der Waals surface area contributed by atoms with Crippen LogP contribution in [0.1, 0.15) is 11.1 Å². The van der Waals surface area contributed by atoms with Crippen LogP contribution in [0.4, 0.5) is 14.5 Å². The molecule has 2 aromatic rings. The highest BCUT2D eigenvalue weighted by Crippen LogP contribution is 2.24. The van der Waals surface area contributed by atoms with E-state index in [9.17, 15) is 17.2 Å². The monoisotopic (exact) mass is 297 g/mol. The van der Waals surface area contributed by atoms with E-state index in [1.165, 1.54) is 0 Å². The Labute approximate surface area is 116 Å². The molecule has 0 heterocycles. The number of rotatable bonds is 3. The van der Waals surface area contributed by atoms with Gasteiger partial charge < -0.3 is 0 Å². The fraction of sp³-hybridized carbons (Fsp3) is 0.143. The predicted octanol–water partition coefficient (Wildman–Crippen LogP) is 3.38. The van der Waals surface area contributed by atoms with E-state index in [0.29, 0.717) is 22.9 Å². The molecule has 0 spiro atoms. The first-order valence-corrected chi connectivity index (χ1v) is 7.33. The molecule has 1 N–H and O–H groups in total. The molecule has 0 aromatic heterocycles. The van der Waals surface area contributed by atoms with Crippen LogP contribution in [0, 0.1) is 25.5 Å². The number of hydrogen-bond acceptors (Lipinski definition) is 2. The van der Waals surface area contributed by atoms with Crippen molar-refractivity contribution in [3.63, 3.8) is 0 Å². The van der Waals surface area contributed by atoms with Gasteiger partial charge in [0.15, 0.2) is 0 Å². The summed E-state index contributed by atoms with van der Waals surface area (Å²) in [7, 11) is -4.18. The lowest BCUT2D eigenvalue weighted by atomic mass is 10.1. The second-order valence-electron chi connectivity index (χ2n) is 4.45. The smallest absolute Gasteiger partial charge is 0.264 e. The molecule has 0 amide bonds. The van der Waals surface area contributed by atoms with Crippen molar-refractivity contribution < 1.29 is 17.2 Å². The summed E-state index contributed by atoms with van der Waals surface area (Å²) in [5, 5.41) is 0. The Bertz CT molecular complexity index is 738. The minimum absolute atomic E-state index is 0.371. The van der Waals surface area contributed by atoms with Gasteiger partial charge in [-0.2, -0.15) is 0 Å². The summed E-state index contributed by atoms with van der Waals surface area (Å²) < 4.78 is 53.3. The molecular weight excluding hydrogens is 284 g/mol. The Balaban J connectivity index is 2.49. The molecule has 3 nitrogen and oxygen atoms in total. The van der Waals surface area contributed by atoms with Gasteiger partial charge in [0, 0.05) is 0 Å². The first-order chi connectivity index (χ1) is 9.31. The van der Waals surface area contributed by atoms with E-state index in [1.54, 1.807) is 32.0 Å². The third kappa shape index (κ3) is 2.80. The van der Waals surface area contributed by atoms with Crippen LogP contribution in [-0.4, -0.2) is 8.42 Å². The van der Waals surface area contributed by atoms with Crippen molar-refractivity contribution in [2.24, 2.45) is 0 Å². The summed E-state index contributed by atoms with van der Waals surface area (Å²) in [5.41, 5.74) is 1.77. The van der Waals surface area contributed by atoms with Crippen molar-refractivity contribution in [3.8, 4) is 0 Å². The van der Waals surface area contributed by atoms with Crippen molar-refractivity contribution >= 4 is 15.7 Å². The lowest BCUT2D eigenvalue weighted by Crippen LogP contribution is -2.16. The van der Waals surface area contributed by atoms with Crippen LogP contribution >= 0.6 is 0 Å². The van der Waals surface area contributed by atoms with E-state index >= 15 is 0 Å². The summed E-state index contributed by atoms with van der Waals surface area (Å²) in [6.45, 7) is 3.46. The molecule has 0 aliphatic carbocycles. The van der Waals surface area contributed by atoms with Crippen molar-refractivity contribution in [2.75, 3.05) is 4.72 Å². The molecule has 20 heavy (non-hydrogen) atoms. The van der Waals surface area contributed by atoms with Crippen molar-refractivity contribution in [2.45, 2.75) is 18.7 Å². The second-order valence-corrected chi connectivity index (χ2v) is 6.10. The Hall–Kier alpha value is -1.95. The molecule has 0 bridgehead atoms. The number of sulfonamides is 1. The van der Waals surface area contributed by atoms with Crippen LogP contribution in [0.3, 0.4) is 0 Å². The summed E-state index contributed by atoms with van der Waals surface area (Å²) in [6, 6.07) is 7.55. The molecule has 0 aliphatic heterocycles. The number of benzene rings is 2. The molecule has 0 saturated heterocycles. The Morgan fingerprint density at radius 2 is 1.60 bits per heavy atom. The highest BCUT2D eigenvalue weighted by Gasteiger charge is 2.21. The van der Waals surface area contributed by atoms with Gasteiger partial charge in [0.05, 0.1) is 5.69 Å². The summed E-state index contributed by atoms with van der Waals surface area (Å²) in [4.78, 5) is -0.708. The Morgan fingerprint density at radius 1 is 1.00 bits per heavy atom. The van der Waals surface area contributed by atoms with Gasteiger partial charge in [-0.1, -0.05) is 18.2 Å². The molecule has 0 radical (unpaired) electrons. The topological polar surface area (TPSA) is 46.2 Å². The molecule has 106 valence electrons. The SMILES string of the molecule is Cc1cccc(C)c1NS(=O)(=O)c1cc(F)ccc1F. The molecule has 0 aliphatic rings. The van der Waals surface area contributed by atoms with Gasteiger partial charge in [0.25, 0.3) is 10.0 Å². The first-order valence-electron chi connectivity index (χ1n) is 5.85. The number of hydrogen-bond donors (Lipinski definition) is 1. The molecule has 2 rings (SSSR count). The predicted molar refractivity (Wildman–Crippen MR) is 73.1 cm³/mol. The average molecular weight is 297 g/mol. The third-order valence-electron chi connectivity index (χ3n) is 2.90. The standard InChI is InChI=1S/C14H13F2NO2S/c1-9-4-3-5-10(2)14(9)17-20(18,19)13-8-11(15)6-7-12(13)16/h3-8,17H,1-2H3. The molecule has 0 fully saturated rings. The quantitative estimate of drug-likeness (QED) is 0.944. The number of aryl methyl sites for hydroxylation is 2. The molecular formula is C14H13F2NO2S. The van der Waals surface area contributed by atoms with Gasteiger partial charge in [-0.3, -0.25) is 4.72 Å². The molecule has 2 aromatic carbocycles. The maximum Gasteiger partial charge on any atom is 0.264 e. The zero-order valence-corrected chi connectivity index (χ0v) is 11.8. The number of anilines is 1. The van der Waals surface area contributed by atoms with Gasteiger partial charge in [-0.15, -0.1) is 0 Å². The summed E-state index contributed by atoms with van der Waals surface area (Å²) >= 11 is 0. The van der Waals surface area contributed by atoms with Crippen molar-refractivity contribution in [3.05, 3.63) is 59.2 Å². The molecule has 0 unspecified atom stereocenters. The maximum absolute atomic E-state index is 13.6. The van der Waals surface area contributed by atoms with E-state index in [-0.39, 0.29) is 0 Å². The van der Waals surface area contributed by atoms with Crippen LogP contribution < -0.4 is 4.72 Å². The van der Waals surface area contributed by atoms with E-state index in [4.69, 9.17) is 0 Å². The van der Waals surface area contributed by atoms with E-state index in [1.807, 2.05) is 0 Å². The molecule has 0 saturated carbocycles. The Morgan fingerprint density at radius 3 is 2.20 bits per heavy atom. The largest absolute Gasteiger partial charge is 0.279 e. The Kier molecular flexibility index (Phi) is 3.76. The van der Waals surface area contributed by atoms with Gasteiger partial charge >= 0.3 is 0 Å². The van der Waals surface area contributed by atoms with Crippen LogP contribution in [0.25, 0.3) is 0 Å². The minimum atomic E-state index is -4.18. The van der Waals surface area contributed by atoms with Gasteiger partial charge in [0.2, 0.25) is 0 Å². The number of para-hydroxylation sites is 1. The average Bonchev–Trinajstić information content (AvgIpc) is 2.37. The normalized spacial score (nSPS) is 11.4. The van der Waals surface area contributed by atoms with Crippen LogP contribution in [0.15, 0.2) is 41.3 Å². The van der Waals surface area contributed by atoms with Crippen LogP contribution in [-0.2, 0) is 10.0 Å². The number of halogens is 2. The van der Waals surface area contributed by atoms with Crippen molar-refractivity contribution in [1.29, 1.82) is 0 Å². The highest BCUT2D eigenvalue weighted by molar-refractivity contribution is 7.92. The van der Waals surface area contributed by atoms with Crippen LogP contribution in [0.5, 0.6) is 0 Å². The lowest BCUT2D eigenvalue weighted by molar-refractivity contribution is 0.555. The first kappa shape index (κ1) is 14.5.